The Morgan fingerprint density at radius 1 is 1.09 bits per heavy atom. The molecule has 1 aromatic carbocycles. The van der Waals surface area contributed by atoms with Crippen molar-refractivity contribution in [2.45, 2.75) is 0 Å². The van der Waals surface area contributed by atoms with Crippen LogP contribution in [-0.2, 0) is 0 Å². The average molecular weight is 293 g/mol. The van der Waals surface area contributed by atoms with Gasteiger partial charge in [0.15, 0.2) is 0 Å². The minimum absolute atomic E-state index is 0.0191. The Morgan fingerprint density at radius 2 is 1.91 bits per heavy atom. The lowest BCUT2D eigenvalue weighted by molar-refractivity contribution is -0.385. The van der Waals surface area contributed by atoms with Crippen molar-refractivity contribution in [2.24, 2.45) is 0 Å². The summed E-state index contributed by atoms with van der Waals surface area (Å²) in [5.74, 6) is 0. The fraction of sp³-hybridized carbons (Fsp3) is 0. The molecule has 0 saturated carbocycles. The Bertz CT molecular complexity index is 793. The minimum Gasteiger partial charge on any atom is -0.258 e. The van der Waals surface area contributed by atoms with Crippen LogP contribution in [0, 0.1) is 10.1 Å². The van der Waals surface area contributed by atoms with E-state index >= 15 is 0 Å². The summed E-state index contributed by atoms with van der Waals surface area (Å²) in [6.45, 7) is 0. The van der Waals surface area contributed by atoms with Crippen molar-refractivity contribution in [3.8, 4) is 5.69 Å². The largest absolute Gasteiger partial charge is 0.287 e. The molecule has 3 rings (SSSR count). The van der Waals surface area contributed by atoms with Gasteiger partial charge in [-0.05, 0) is 29.8 Å². The summed E-state index contributed by atoms with van der Waals surface area (Å²) in [7, 11) is 0. The van der Waals surface area contributed by atoms with Crippen LogP contribution in [-0.4, -0.2) is 24.7 Å². The highest BCUT2D eigenvalue weighted by molar-refractivity contribution is 5.68. The summed E-state index contributed by atoms with van der Waals surface area (Å²) >= 11 is 0. The molecule has 0 fully saturated rings. The highest BCUT2D eigenvalue weighted by atomic mass is 16.6. The van der Waals surface area contributed by atoms with E-state index in [0.717, 1.165) is 11.3 Å². The van der Waals surface area contributed by atoms with Gasteiger partial charge in [0.25, 0.3) is 5.69 Å². The highest BCUT2D eigenvalue weighted by Crippen LogP contribution is 2.13. The van der Waals surface area contributed by atoms with Gasteiger partial charge < -0.3 is 0 Å². The number of nitro groups is 1. The van der Waals surface area contributed by atoms with Gasteiger partial charge in [-0.2, -0.15) is 5.10 Å². The molecule has 7 heteroatoms. The van der Waals surface area contributed by atoms with Gasteiger partial charge in [0, 0.05) is 6.07 Å². The topological polar surface area (TPSA) is 86.7 Å². The van der Waals surface area contributed by atoms with E-state index < -0.39 is 4.92 Å². The number of rotatable bonds is 4. The standard InChI is InChI=1S/C15H11N5O2/c21-20(22)15-8-5-13(17-9-15)4-1-12-2-6-14(7-3-12)19-11-16-10-18-19/h1-11H. The van der Waals surface area contributed by atoms with Gasteiger partial charge >= 0.3 is 0 Å². The zero-order chi connectivity index (χ0) is 15.4. The quantitative estimate of drug-likeness (QED) is 0.545. The molecule has 7 nitrogen and oxygen atoms in total. The van der Waals surface area contributed by atoms with Crippen LogP contribution in [0.5, 0.6) is 0 Å². The maximum Gasteiger partial charge on any atom is 0.287 e. The van der Waals surface area contributed by atoms with E-state index in [1.165, 1.54) is 18.6 Å². The van der Waals surface area contributed by atoms with E-state index in [9.17, 15) is 10.1 Å². The second-order valence-corrected chi connectivity index (χ2v) is 4.46. The van der Waals surface area contributed by atoms with Crippen molar-refractivity contribution in [3.63, 3.8) is 0 Å². The van der Waals surface area contributed by atoms with Crippen LogP contribution >= 0.6 is 0 Å². The van der Waals surface area contributed by atoms with Crippen molar-refractivity contribution in [3.05, 3.63) is 76.6 Å². The molecular formula is C15H11N5O2. The maximum atomic E-state index is 10.6. The first-order valence-electron chi connectivity index (χ1n) is 6.46. The van der Waals surface area contributed by atoms with Gasteiger partial charge in [-0.3, -0.25) is 10.1 Å². The van der Waals surface area contributed by atoms with Gasteiger partial charge in [0.2, 0.25) is 0 Å². The van der Waals surface area contributed by atoms with E-state index in [2.05, 4.69) is 15.1 Å². The molecule has 0 aliphatic rings. The molecule has 22 heavy (non-hydrogen) atoms. The molecule has 0 aliphatic carbocycles. The van der Waals surface area contributed by atoms with Crippen LogP contribution in [0.2, 0.25) is 0 Å². The van der Waals surface area contributed by atoms with Crippen molar-refractivity contribution in [1.82, 2.24) is 19.7 Å². The lowest BCUT2D eigenvalue weighted by atomic mass is 10.2. The summed E-state index contributed by atoms with van der Waals surface area (Å²) in [6, 6.07) is 10.8. The predicted molar refractivity (Wildman–Crippen MR) is 81.2 cm³/mol. The van der Waals surface area contributed by atoms with Gasteiger partial charge in [-0.25, -0.2) is 14.6 Å². The van der Waals surface area contributed by atoms with E-state index in [1.54, 1.807) is 23.2 Å². The Hall–Kier alpha value is -3.35. The number of pyridine rings is 1. The third kappa shape index (κ3) is 3.04. The molecule has 3 aromatic rings. The number of aromatic nitrogens is 4. The Morgan fingerprint density at radius 3 is 2.50 bits per heavy atom. The predicted octanol–water partition coefficient (Wildman–Crippen LogP) is 2.74. The fourth-order valence-corrected chi connectivity index (χ4v) is 1.87. The number of nitrogens with zero attached hydrogens (tertiary/aromatic N) is 5. The van der Waals surface area contributed by atoms with Crippen molar-refractivity contribution >= 4 is 17.8 Å². The van der Waals surface area contributed by atoms with Crippen LogP contribution < -0.4 is 0 Å². The second kappa shape index (κ2) is 5.96. The van der Waals surface area contributed by atoms with Gasteiger partial charge in [-0.15, -0.1) is 0 Å². The van der Waals surface area contributed by atoms with E-state index in [4.69, 9.17) is 0 Å². The molecule has 0 aliphatic heterocycles. The highest BCUT2D eigenvalue weighted by Gasteiger charge is 2.03. The molecule has 0 atom stereocenters. The molecule has 2 heterocycles. The summed E-state index contributed by atoms with van der Waals surface area (Å²) in [5.41, 5.74) is 2.55. The van der Waals surface area contributed by atoms with Crippen LogP contribution in [0.1, 0.15) is 11.3 Å². The van der Waals surface area contributed by atoms with Gasteiger partial charge in [0.05, 0.1) is 16.3 Å². The van der Waals surface area contributed by atoms with Crippen molar-refractivity contribution in [1.29, 1.82) is 0 Å². The SMILES string of the molecule is O=[N+]([O-])c1ccc(C=Cc2ccc(-n3cncn3)cc2)nc1. The molecule has 0 radical (unpaired) electrons. The molecule has 108 valence electrons. The Kier molecular flexibility index (Phi) is 3.69. The number of benzene rings is 1. The van der Waals surface area contributed by atoms with Gasteiger partial charge in [-0.1, -0.05) is 18.2 Å². The fourth-order valence-electron chi connectivity index (χ4n) is 1.87. The summed E-state index contributed by atoms with van der Waals surface area (Å²) in [6.07, 6.45) is 8.04. The third-order valence-corrected chi connectivity index (χ3v) is 3.00. The summed E-state index contributed by atoms with van der Waals surface area (Å²) < 4.78 is 1.67. The smallest absolute Gasteiger partial charge is 0.258 e. The molecule has 0 spiro atoms. The normalized spacial score (nSPS) is 10.9. The molecule has 0 unspecified atom stereocenters. The van der Waals surface area contributed by atoms with E-state index in [0.29, 0.717) is 5.69 Å². The zero-order valence-electron chi connectivity index (χ0n) is 11.4. The maximum absolute atomic E-state index is 10.6. The molecule has 0 bridgehead atoms. The molecule has 2 aromatic heterocycles. The first-order valence-corrected chi connectivity index (χ1v) is 6.46. The van der Waals surface area contributed by atoms with Crippen LogP contribution in [0.25, 0.3) is 17.8 Å². The molecular weight excluding hydrogens is 282 g/mol. The first kappa shape index (κ1) is 13.6. The van der Waals surface area contributed by atoms with Crippen LogP contribution in [0.4, 0.5) is 5.69 Å². The number of hydrogen-bond acceptors (Lipinski definition) is 5. The van der Waals surface area contributed by atoms with E-state index in [-0.39, 0.29) is 5.69 Å². The average Bonchev–Trinajstić information content (AvgIpc) is 3.08. The summed E-state index contributed by atoms with van der Waals surface area (Å²) in [5, 5.41) is 14.6. The van der Waals surface area contributed by atoms with Crippen LogP contribution in [0.3, 0.4) is 0 Å². The van der Waals surface area contributed by atoms with Crippen molar-refractivity contribution in [2.75, 3.05) is 0 Å². The van der Waals surface area contributed by atoms with E-state index in [1.807, 2.05) is 30.3 Å². The van der Waals surface area contributed by atoms with Crippen LogP contribution in [0.15, 0.2) is 55.2 Å². The third-order valence-electron chi connectivity index (χ3n) is 3.00. The lowest BCUT2D eigenvalue weighted by Gasteiger charge is -2.00. The molecule has 0 N–H and O–H groups in total. The zero-order valence-corrected chi connectivity index (χ0v) is 11.4. The van der Waals surface area contributed by atoms with Crippen molar-refractivity contribution < 1.29 is 4.92 Å². The number of hydrogen-bond donors (Lipinski definition) is 0. The first-order chi connectivity index (χ1) is 10.7. The minimum atomic E-state index is -0.469. The molecule has 0 amide bonds. The Balaban J connectivity index is 1.73. The second-order valence-electron chi connectivity index (χ2n) is 4.46. The monoisotopic (exact) mass is 293 g/mol. The lowest BCUT2D eigenvalue weighted by Crippen LogP contribution is -1.93. The Labute approximate surface area is 125 Å². The summed E-state index contributed by atoms with van der Waals surface area (Å²) in [4.78, 5) is 18.0. The molecule has 0 saturated heterocycles. The van der Waals surface area contributed by atoms with Gasteiger partial charge in [0.1, 0.15) is 18.9 Å².